The molecule has 4 nitrogen and oxygen atoms in total. The van der Waals surface area contributed by atoms with Crippen molar-refractivity contribution in [3.63, 3.8) is 0 Å². The molecule has 1 amide bonds. The van der Waals surface area contributed by atoms with E-state index in [1.165, 1.54) is 30.2 Å². The number of nitrogens with zero attached hydrogens (tertiary/aromatic N) is 1. The molecule has 0 radical (unpaired) electrons. The lowest BCUT2D eigenvalue weighted by Crippen LogP contribution is -2.28. The lowest BCUT2D eigenvalue weighted by atomic mass is 10.1. The number of para-hydroxylation sites is 1. The molecule has 1 heterocycles. The minimum atomic E-state index is -0.685. The summed E-state index contributed by atoms with van der Waals surface area (Å²) in [5.74, 6) is -1.63. The van der Waals surface area contributed by atoms with Gasteiger partial charge in [-0.2, -0.15) is 0 Å². The molecule has 1 aromatic carbocycles. The van der Waals surface area contributed by atoms with E-state index in [1.54, 1.807) is 0 Å². The van der Waals surface area contributed by atoms with E-state index in [2.05, 4.69) is 4.74 Å². The van der Waals surface area contributed by atoms with Crippen LogP contribution in [0.4, 0.5) is 10.1 Å². The van der Waals surface area contributed by atoms with Gasteiger partial charge in [0.05, 0.1) is 23.7 Å². The molecule has 1 saturated heterocycles. The number of hydrogen-bond acceptors (Lipinski definition) is 3. The van der Waals surface area contributed by atoms with Crippen LogP contribution in [0.1, 0.15) is 16.8 Å². The number of benzene rings is 1. The first-order chi connectivity index (χ1) is 8.54. The Kier molecular flexibility index (Phi) is 3.52. The van der Waals surface area contributed by atoms with Crippen LogP contribution in [0.15, 0.2) is 18.2 Å². The quantitative estimate of drug-likeness (QED) is 0.610. The maximum Gasteiger partial charge on any atom is 0.340 e. The van der Waals surface area contributed by atoms with Gasteiger partial charge in [-0.3, -0.25) is 4.79 Å². The molecule has 1 aromatic rings. The Hall–Kier alpha value is -1.62. The smallest absolute Gasteiger partial charge is 0.340 e. The third-order valence-corrected chi connectivity index (χ3v) is 3.03. The third-order valence-electron chi connectivity index (χ3n) is 2.74. The summed E-state index contributed by atoms with van der Waals surface area (Å²) in [5, 5.41) is -0.373. The predicted molar refractivity (Wildman–Crippen MR) is 64.4 cm³/mol. The summed E-state index contributed by atoms with van der Waals surface area (Å²) in [6.45, 7) is 0.186. The SMILES string of the molecule is COC(=O)c1cccc(F)c1N1CC(Cl)CC1=O. The lowest BCUT2D eigenvalue weighted by Gasteiger charge is -2.19. The molecule has 6 heteroatoms. The number of esters is 1. The number of rotatable bonds is 2. The van der Waals surface area contributed by atoms with E-state index in [4.69, 9.17) is 11.6 Å². The topological polar surface area (TPSA) is 46.6 Å². The Bertz CT molecular complexity index is 506. The maximum atomic E-state index is 13.9. The van der Waals surface area contributed by atoms with Crippen molar-refractivity contribution in [3.05, 3.63) is 29.6 Å². The molecular formula is C12H11ClFNO3. The lowest BCUT2D eigenvalue weighted by molar-refractivity contribution is -0.117. The average Bonchev–Trinajstić information content (AvgIpc) is 2.67. The van der Waals surface area contributed by atoms with Crippen molar-refractivity contribution < 1.29 is 18.7 Å². The second-order valence-corrected chi connectivity index (χ2v) is 4.55. The van der Waals surface area contributed by atoms with E-state index in [1.807, 2.05) is 0 Å². The van der Waals surface area contributed by atoms with Gasteiger partial charge in [0.25, 0.3) is 0 Å². The Labute approximate surface area is 108 Å². The van der Waals surface area contributed by atoms with Crippen LogP contribution in [0, 0.1) is 5.82 Å². The van der Waals surface area contributed by atoms with Crippen molar-refractivity contribution >= 4 is 29.2 Å². The molecule has 0 aromatic heterocycles. The van der Waals surface area contributed by atoms with Crippen molar-refractivity contribution in [1.82, 2.24) is 0 Å². The number of methoxy groups -OCH3 is 1. The van der Waals surface area contributed by atoms with Gasteiger partial charge in [0.1, 0.15) is 5.82 Å². The molecule has 0 aliphatic carbocycles. The maximum absolute atomic E-state index is 13.9. The number of anilines is 1. The summed E-state index contributed by atoms with van der Waals surface area (Å²) in [6, 6.07) is 4.00. The van der Waals surface area contributed by atoms with Crippen molar-refractivity contribution in [2.75, 3.05) is 18.6 Å². The van der Waals surface area contributed by atoms with Crippen LogP contribution in [0.5, 0.6) is 0 Å². The number of carbonyl (C=O) groups excluding carboxylic acids is 2. The molecule has 1 fully saturated rings. The Balaban J connectivity index is 2.49. The van der Waals surface area contributed by atoms with E-state index in [0.717, 1.165) is 0 Å². The van der Waals surface area contributed by atoms with Gasteiger partial charge in [-0.15, -0.1) is 11.6 Å². The monoisotopic (exact) mass is 271 g/mol. The zero-order valence-electron chi connectivity index (χ0n) is 9.65. The first-order valence-electron chi connectivity index (χ1n) is 5.36. The largest absolute Gasteiger partial charge is 0.465 e. The number of ether oxygens (including phenoxy) is 1. The van der Waals surface area contributed by atoms with Crippen LogP contribution in [0.25, 0.3) is 0 Å². The highest BCUT2D eigenvalue weighted by atomic mass is 35.5. The first kappa shape index (κ1) is 12.8. The van der Waals surface area contributed by atoms with Crippen molar-refractivity contribution in [3.8, 4) is 0 Å². The van der Waals surface area contributed by atoms with Crippen LogP contribution >= 0.6 is 11.6 Å². The van der Waals surface area contributed by atoms with Crippen LogP contribution in [-0.2, 0) is 9.53 Å². The molecule has 1 aliphatic rings. The third kappa shape index (κ3) is 2.18. The zero-order chi connectivity index (χ0) is 13.3. The number of amides is 1. The van der Waals surface area contributed by atoms with E-state index < -0.39 is 11.8 Å². The predicted octanol–water partition coefficient (Wildman–Crippen LogP) is 1.96. The fourth-order valence-corrected chi connectivity index (χ4v) is 2.21. The van der Waals surface area contributed by atoms with E-state index in [-0.39, 0.29) is 35.5 Å². The molecule has 1 atom stereocenters. The van der Waals surface area contributed by atoms with Gasteiger partial charge in [-0.25, -0.2) is 9.18 Å². The highest BCUT2D eigenvalue weighted by Gasteiger charge is 2.33. The first-order valence-corrected chi connectivity index (χ1v) is 5.79. The van der Waals surface area contributed by atoms with Crippen LogP contribution in [0.3, 0.4) is 0 Å². The van der Waals surface area contributed by atoms with Gasteiger partial charge in [0.15, 0.2) is 0 Å². The number of hydrogen-bond donors (Lipinski definition) is 0. The highest BCUT2D eigenvalue weighted by Crippen LogP contribution is 2.30. The summed E-state index contributed by atoms with van der Waals surface area (Å²) in [5.41, 5.74) is -0.0332. The van der Waals surface area contributed by atoms with Gasteiger partial charge >= 0.3 is 5.97 Å². The molecule has 0 saturated carbocycles. The van der Waals surface area contributed by atoms with Crippen molar-refractivity contribution in [2.45, 2.75) is 11.8 Å². The van der Waals surface area contributed by atoms with Gasteiger partial charge in [0.2, 0.25) is 5.91 Å². The molecule has 96 valence electrons. The number of alkyl halides is 1. The molecule has 2 rings (SSSR count). The van der Waals surface area contributed by atoms with E-state index in [9.17, 15) is 14.0 Å². The fraction of sp³-hybridized carbons (Fsp3) is 0.333. The fourth-order valence-electron chi connectivity index (χ4n) is 1.94. The Morgan fingerprint density at radius 1 is 1.56 bits per heavy atom. The van der Waals surface area contributed by atoms with Gasteiger partial charge < -0.3 is 9.64 Å². The van der Waals surface area contributed by atoms with E-state index >= 15 is 0 Å². The van der Waals surface area contributed by atoms with Crippen molar-refractivity contribution in [2.24, 2.45) is 0 Å². The molecule has 1 unspecified atom stereocenters. The van der Waals surface area contributed by atoms with E-state index in [0.29, 0.717) is 0 Å². The van der Waals surface area contributed by atoms with Gasteiger partial charge in [-0.05, 0) is 12.1 Å². The minimum absolute atomic E-state index is 0.0246. The molecule has 0 bridgehead atoms. The highest BCUT2D eigenvalue weighted by molar-refractivity contribution is 6.24. The van der Waals surface area contributed by atoms with Crippen LogP contribution < -0.4 is 4.90 Å². The molecule has 18 heavy (non-hydrogen) atoms. The van der Waals surface area contributed by atoms with Crippen molar-refractivity contribution in [1.29, 1.82) is 0 Å². The zero-order valence-corrected chi connectivity index (χ0v) is 10.4. The summed E-state index contributed by atoms with van der Waals surface area (Å²) >= 11 is 5.87. The normalized spacial score (nSPS) is 19.2. The molecular weight excluding hydrogens is 261 g/mol. The molecule has 1 aliphatic heterocycles. The summed E-state index contributed by atoms with van der Waals surface area (Å²) < 4.78 is 18.4. The molecule has 0 N–H and O–H groups in total. The molecule has 0 spiro atoms. The van der Waals surface area contributed by atoms with Crippen LogP contribution in [0.2, 0.25) is 0 Å². The summed E-state index contributed by atoms with van der Waals surface area (Å²) in [6.07, 6.45) is 0.135. The number of halogens is 2. The number of carbonyl (C=O) groups is 2. The standard InChI is InChI=1S/C12H11ClFNO3/c1-18-12(17)8-3-2-4-9(14)11(8)15-6-7(13)5-10(15)16/h2-4,7H,5-6H2,1H3. The van der Waals surface area contributed by atoms with Gasteiger partial charge in [0, 0.05) is 13.0 Å². The minimum Gasteiger partial charge on any atom is -0.465 e. The Morgan fingerprint density at radius 2 is 2.28 bits per heavy atom. The second kappa shape index (κ2) is 4.94. The van der Waals surface area contributed by atoms with Gasteiger partial charge in [-0.1, -0.05) is 6.07 Å². The second-order valence-electron chi connectivity index (χ2n) is 3.93. The van der Waals surface area contributed by atoms with Crippen LogP contribution in [-0.4, -0.2) is 30.9 Å². The summed E-state index contributed by atoms with van der Waals surface area (Å²) in [7, 11) is 1.20. The Morgan fingerprint density at radius 3 is 2.83 bits per heavy atom. The summed E-state index contributed by atoms with van der Waals surface area (Å²) in [4.78, 5) is 24.5. The average molecular weight is 272 g/mol.